The van der Waals surface area contributed by atoms with Crippen LogP contribution in [0.5, 0.6) is 11.5 Å². The van der Waals surface area contributed by atoms with Gasteiger partial charge in [-0.05, 0) is 36.8 Å². The van der Waals surface area contributed by atoms with E-state index in [0.29, 0.717) is 29.4 Å². The minimum atomic E-state index is 0.113. The second-order valence-corrected chi connectivity index (χ2v) is 4.67. The first-order chi connectivity index (χ1) is 9.72. The quantitative estimate of drug-likeness (QED) is 0.869. The molecule has 20 heavy (non-hydrogen) atoms. The monoisotopic (exact) mass is 269 g/mol. The third-order valence-corrected chi connectivity index (χ3v) is 3.18. The molecule has 1 aliphatic rings. The summed E-state index contributed by atoms with van der Waals surface area (Å²) in [5, 5.41) is 0. The zero-order valence-electron chi connectivity index (χ0n) is 11.0. The number of ether oxygens (including phenoxy) is 1. The van der Waals surface area contributed by atoms with Crippen molar-refractivity contribution in [1.82, 2.24) is 4.98 Å². The summed E-state index contributed by atoms with van der Waals surface area (Å²) in [5.41, 5.74) is 6.32. The minimum absolute atomic E-state index is 0.113. The van der Waals surface area contributed by atoms with Gasteiger partial charge in [-0.1, -0.05) is 0 Å². The molecule has 2 heterocycles. The maximum absolute atomic E-state index is 11.7. The van der Waals surface area contributed by atoms with E-state index in [-0.39, 0.29) is 5.91 Å². The van der Waals surface area contributed by atoms with Gasteiger partial charge in [-0.3, -0.25) is 9.69 Å². The lowest BCUT2D eigenvalue weighted by atomic mass is 10.3. The summed E-state index contributed by atoms with van der Waals surface area (Å²) in [6.07, 6.45) is 3.11. The van der Waals surface area contributed by atoms with Crippen LogP contribution in [0.3, 0.4) is 0 Å². The molecule has 1 fully saturated rings. The number of pyridine rings is 1. The van der Waals surface area contributed by atoms with Crippen LogP contribution in [0.1, 0.15) is 12.8 Å². The van der Waals surface area contributed by atoms with Gasteiger partial charge in [0.1, 0.15) is 17.3 Å². The van der Waals surface area contributed by atoms with Gasteiger partial charge in [-0.25, -0.2) is 4.98 Å². The number of rotatable bonds is 3. The molecule has 5 heteroatoms. The lowest BCUT2D eigenvalue weighted by Gasteiger charge is -2.15. The molecule has 1 aliphatic heterocycles. The molecule has 2 N–H and O–H groups in total. The molecule has 0 atom stereocenters. The van der Waals surface area contributed by atoms with Crippen molar-refractivity contribution in [2.24, 2.45) is 0 Å². The topological polar surface area (TPSA) is 68.5 Å². The van der Waals surface area contributed by atoms with Crippen molar-refractivity contribution in [3.63, 3.8) is 0 Å². The number of amides is 1. The minimum Gasteiger partial charge on any atom is -0.457 e. The Balaban J connectivity index is 1.80. The van der Waals surface area contributed by atoms with Crippen LogP contribution in [0.4, 0.5) is 11.5 Å². The van der Waals surface area contributed by atoms with Crippen molar-refractivity contribution in [3.05, 3.63) is 42.6 Å². The number of nitrogen functional groups attached to an aromatic ring is 1. The molecule has 1 saturated heterocycles. The number of hydrogen-bond acceptors (Lipinski definition) is 4. The standard InChI is InChI=1S/C15H15N3O2/c16-11-3-5-12(6-4-11)20-13-7-8-17-14(10-13)18-9-1-2-15(18)19/h3-8,10H,1-2,9,16H2. The van der Waals surface area contributed by atoms with Crippen LogP contribution in [-0.4, -0.2) is 17.4 Å². The maximum Gasteiger partial charge on any atom is 0.228 e. The number of hydrogen-bond donors (Lipinski definition) is 1. The van der Waals surface area contributed by atoms with Gasteiger partial charge in [0, 0.05) is 30.9 Å². The maximum atomic E-state index is 11.7. The lowest BCUT2D eigenvalue weighted by molar-refractivity contribution is -0.117. The fraction of sp³-hybridized carbons (Fsp3) is 0.200. The molecule has 0 spiro atoms. The highest BCUT2D eigenvalue weighted by molar-refractivity contribution is 5.94. The van der Waals surface area contributed by atoms with Gasteiger partial charge < -0.3 is 10.5 Å². The average Bonchev–Trinajstić information content (AvgIpc) is 2.88. The van der Waals surface area contributed by atoms with Crippen LogP contribution >= 0.6 is 0 Å². The van der Waals surface area contributed by atoms with E-state index in [1.54, 1.807) is 47.5 Å². The van der Waals surface area contributed by atoms with Gasteiger partial charge in [0.15, 0.2) is 0 Å². The summed E-state index contributed by atoms with van der Waals surface area (Å²) in [7, 11) is 0. The summed E-state index contributed by atoms with van der Waals surface area (Å²) in [6, 6.07) is 10.7. The number of nitrogens with two attached hydrogens (primary N) is 1. The highest BCUT2D eigenvalue weighted by Gasteiger charge is 2.22. The summed E-state index contributed by atoms with van der Waals surface area (Å²) in [6.45, 7) is 0.719. The predicted octanol–water partition coefficient (Wildman–Crippen LogP) is 2.58. The first-order valence-electron chi connectivity index (χ1n) is 6.52. The number of nitrogens with zero attached hydrogens (tertiary/aromatic N) is 2. The van der Waals surface area contributed by atoms with E-state index in [2.05, 4.69) is 4.98 Å². The van der Waals surface area contributed by atoms with Crippen molar-refractivity contribution >= 4 is 17.4 Å². The normalized spacial score (nSPS) is 14.6. The fourth-order valence-electron chi connectivity index (χ4n) is 2.17. The van der Waals surface area contributed by atoms with Crippen molar-refractivity contribution in [2.75, 3.05) is 17.2 Å². The van der Waals surface area contributed by atoms with Crippen molar-refractivity contribution < 1.29 is 9.53 Å². The zero-order chi connectivity index (χ0) is 13.9. The van der Waals surface area contributed by atoms with Crippen molar-refractivity contribution in [3.8, 4) is 11.5 Å². The number of benzene rings is 1. The first-order valence-corrected chi connectivity index (χ1v) is 6.52. The second-order valence-electron chi connectivity index (χ2n) is 4.67. The SMILES string of the molecule is Nc1ccc(Oc2ccnc(N3CCCC3=O)c2)cc1. The molecule has 1 amide bonds. The molecule has 0 unspecified atom stereocenters. The van der Waals surface area contributed by atoms with Crippen LogP contribution in [0, 0.1) is 0 Å². The van der Waals surface area contributed by atoms with E-state index in [0.717, 1.165) is 13.0 Å². The molecule has 0 bridgehead atoms. The Labute approximate surface area is 117 Å². The highest BCUT2D eigenvalue weighted by Crippen LogP contribution is 2.26. The number of carbonyl (C=O) groups excluding carboxylic acids is 1. The Morgan fingerprint density at radius 2 is 1.95 bits per heavy atom. The number of anilines is 2. The van der Waals surface area contributed by atoms with Gasteiger partial charge in [0.05, 0.1) is 0 Å². The Bertz CT molecular complexity index is 625. The largest absolute Gasteiger partial charge is 0.457 e. The smallest absolute Gasteiger partial charge is 0.228 e. The zero-order valence-corrected chi connectivity index (χ0v) is 11.0. The molecular formula is C15H15N3O2. The summed E-state index contributed by atoms with van der Waals surface area (Å²) in [4.78, 5) is 17.6. The highest BCUT2D eigenvalue weighted by atomic mass is 16.5. The van der Waals surface area contributed by atoms with Crippen LogP contribution < -0.4 is 15.4 Å². The average molecular weight is 269 g/mol. The lowest BCUT2D eigenvalue weighted by Crippen LogP contribution is -2.24. The molecule has 5 nitrogen and oxygen atoms in total. The predicted molar refractivity (Wildman–Crippen MR) is 76.8 cm³/mol. The second kappa shape index (κ2) is 5.21. The molecule has 0 aliphatic carbocycles. The van der Waals surface area contributed by atoms with Crippen molar-refractivity contribution in [1.29, 1.82) is 0 Å². The number of aromatic nitrogens is 1. The van der Waals surface area contributed by atoms with Crippen LogP contribution in [-0.2, 0) is 4.79 Å². The van der Waals surface area contributed by atoms with Gasteiger partial charge in [0.2, 0.25) is 5.91 Å². The summed E-state index contributed by atoms with van der Waals surface area (Å²) in [5.74, 6) is 2.10. The van der Waals surface area contributed by atoms with Crippen molar-refractivity contribution in [2.45, 2.75) is 12.8 Å². The van der Waals surface area contributed by atoms with E-state index in [4.69, 9.17) is 10.5 Å². The molecule has 0 radical (unpaired) electrons. The molecule has 1 aromatic heterocycles. The van der Waals surface area contributed by atoms with Gasteiger partial charge >= 0.3 is 0 Å². The molecule has 1 aromatic carbocycles. The van der Waals surface area contributed by atoms with Crippen LogP contribution in [0.25, 0.3) is 0 Å². The molecule has 102 valence electrons. The molecule has 3 rings (SSSR count). The van der Waals surface area contributed by atoms with E-state index >= 15 is 0 Å². The van der Waals surface area contributed by atoms with Gasteiger partial charge in [0.25, 0.3) is 0 Å². The van der Waals surface area contributed by atoms with E-state index in [1.165, 1.54) is 0 Å². The van der Waals surface area contributed by atoms with E-state index < -0.39 is 0 Å². The van der Waals surface area contributed by atoms with Gasteiger partial charge in [-0.15, -0.1) is 0 Å². The molecule has 2 aromatic rings. The van der Waals surface area contributed by atoms with Crippen LogP contribution in [0.15, 0.2) is 42.6 Å². The Morgan fingerprint density at radius 3 is 2.65 bits per heavy atom. The molecular weight excluding hydrogens is 254 g/mol. The Hall–Kier alpha value is -2.56. The Morgan fingerprint density at radius 1 is 1.15 bits per heavy atom. The first kappa shape index (κ1) is 12.5. The van der Waals surface area contributed by atoms with Crippen LogP contribution in [0.2, 0.25) is 0 Å². The third-order valence-electron chi connectivity index (χ3n) is 3.18. The van der Waals surface area contributed by atoms with E-state index in [9.17, 15) is 4.79 Å². The van der Waals surface area contributed by atoms with E-state index in [1.807, 2.05) is 0 Å². The summed E-state index contributed by atoms with van der Waals surface area (Å²) >= 11 is 0. The third kappa shape index (κ3) is 2.56. The fourth-order valence-corrected chi connectivity index (χ4v) is 2.17. The Kier molecular flexibility index (Phi) is 3.25. The molecule has 0 saturated carbocycles. The number of carbonyl (C=O) groups is 1. The van der Waals surface area contributed by atoms with Gasteiger partial charge in [-0.2, -0.15) is 0 Å². The summed E-state index contributed by atoms with van der Waals surface area (Å²) < 4.78 is 5.74.